The number of nitrogens with zero attached hydrogens (tertiary/aromatic N) is 1. The number of halogens is 1. The number of benzene rings is 3. The Morgan fingerprint density at radius 2 is 1.77 bits per heavy atom. The number of para-hydroxylation sites is 1. The molecule has 0 saturated carbocycles. The fourth-order valence-corrected chi connectivity index (χ4v) is 3.50. The Balaban J connectivity index is 1.95. The van der Waals surface area contributed by atoms with Crippen molar-refractivity contribution in [1.82, 2.24) is 0 Å². The van der Waals surface area contributed by atoms with Crippen molar-refractivity contribution >= 4 is 29.3 Å². The topological polar surface area (TPSA) is 62.1 Å². The van der Waals surface area contributed by atoms with Crippen molar-refractivity contribution in [3.63, 3.8) is 0 Å². The second kappa shape index (κ2) is 10.5. The summed E-state index contributed by atoms with van der Waals surface area (Å²) in [6.45, 7) is 2.02. The third-order valence-corrected chi connectivity index (χ3v) is 5.37. The summed E-state index contributed by atoms with van der Waals surface area (Å²) in [7, 11) is 1.60. The van der Waals surface area contributed by atoms with Crippen LogP contribution in [0, 0.1) is 11.3 Å². The number of hydrogen-bond acceptors (Lipinski definition) is 3. The molecule has 0 fully saturated rings. The molecule has 3 aromatic carbocycles. The van der Waals surface area contributed by atoms with Crippen molar-refractivity contribution in [3.05, 3.63) is 99.6 Å². The van der Waals surface area contributed by atoms with Crippen LogP contribution in [0.4, 0.5) is 5.69 Å². The molecule has 0 saturated heterocycles. The van der Waals surface area contributed by atoms with E-state index in [0.29, 0.717) is 22.9 Å². The lowest BCUT2D eigenvalue weighted by molar-refractivity contribution is -0.112. The number of methoxy groups -OCH3 is 1. The molecule has 0 radical (unpaired) electrons. The molecule has 3 aromatic rings. The largest absolute Gasteiger partial charge is 0.497 e. The van der Waals surface area contributed by atoms with Crippen molar-refractivity contribution < 1.29 is 9.53 Å². The van der Waals surface area contributed by atoms with Crippen molar-refractivity contribution in [3.8, 4) is 11.8 Å². The van der Waals surface area contributed by atoms with Gasteiger partial charge in [0.15, 0.2) is 0 Å². The molecular weight excluding hydrogens is 408 g/mol. The van der Waals surface area contributed by atoms with Gasteiger partial charge in [-0.15, -0.1) is 0 Å². The summed E-state index contributed by atoms with van der Waals surface area (Å²) in [4.78, 5) is 12.8. The average molecular weight is 431 g/mol. The van der Waals surface area contributed by atoms with Gasteiger partial charge in [-0.1, -0.05) is 61.0 Å². The second-order valence-electron chi connectivity index (χ2n) is 6.97. The van der Waals surface area contributed by atoms with Crippen LogP contribution < -0.4 is 10.1 Å². The Bertz CT molecular complexity index is 1160. The maximum atomic E-state index is 12.8. The molecule has 0 aliphatic heterocycles. The molecule has 5 heteroatoms. The predicted octanol–water partition coefficient (Wildman–Crippen LogP) is 6.05. The van der Waals surface area contributed by atoms with Crippen molar-refractivity contribution in [2.24, 2.45) is 0 Å². The van der Waals surface area contributed by atoms with Gasteiger partial charge in [0.05, 0.1) is 7.11 Å². The zero-order chi connectivity index (χ0) is 22.2. The Labute approximate surface area is 187 Å². The normalized spacial score (nSPS) is 11.0. The number of amides is 1. The summed E-state index contributed by atoms with van der Waals surface area (Å²) in [5, 5.41) is 13.2. The van der Waals surface area contributed by atoms with Gasteiger partial charge in [0.2, 0.25) is 0 Å². The Morgan fingerprint density at radius 3 is 2.45 bits per heavy atom. The molecule has 0 bridgehead atoms. The first kappa shape index (κ1) is 22.1. The van der Waals surface area contributed by atoms with Gasteiger partial charge in [0.1, 0.15) is 17.4 Å². The SMILES string of the molecule is CCc1ccccc1NC(=O)/C(C#N)=C/c1ccc(OC)cc1Cc1ccccc1Cl. The summed E-state index contributed by atoms with van der Waals surface area (Å²) in [6.07, 6.45) is 2.93. The van der Waals surface area contributed by atoms with E-state index in [0.717, 1.165) is 28.7 Å². The van der Waals surface area contributed by atoms with Gasteiger partial charge in [0, 0.05) is 10.7 Å². The monoisotopic (exact) mass is 430 g/mol. The van der Waals surface area contributed by atoms with Gasteiger partial charge in [-0.05, 0) is 65.4 Å². The number of anilines is 1. The highest BCUT2D eigenvalue weighted by Gasteiger charge is 2.14. The molecule has 0 aliphatic carbocycles. The van der Waals surface area contributed by atoms with E-state index in [1.165, 1.54) is 0 Å². The smallest absolute Gasteiger partial charge is 0.266 e. The number of carbonyl (C=O) groups is 1. The van der Waals surface area contributed by atoms with E-state index in [-0.39, 0.29) is 5.57 Å². The van der Waals surface area contributed by atoms with Crippen LogP contribution in [0.2, 0.25) is 5.02 Å². The highest BCUT2D eigenvalue weighted by molar-refractivity contribution is 6.31. The third-order valence-electron chi connectivity index (χ3n) is 5.00. The maximum Gasteiger partial charge on any atom is 0.266 e. The predicted molar refractivity (Wildman–Crippen MR) is 125 cm³/mol. The standard InChI is InChI=1S/C26H23ClN2O2/c1-3-18-8-5-7-11-25(18)29-26(30)22(17-28)14-19-12-13-23(31-2)16-21(19)15-20-9-4-6-10-24(20)27/h4-14,16H,3,15H2,1-2H3,(H,29,30)/b22-14+. The minimum atomic E-state index is -0.442. The lowest BCUT2D eigenvalue weighted by atomic mass is 9.97. The van der Waals surface area contributed by atoms with Crippen molar-refractivity contribution in [1.29, 1.82) is 5.26 Å². The molecule has 0 atom stereocenters. The molecule has 31 heavy (non-hydrogen) atoms. The van der Waals surface area contributed by atoms with E-state index < -0.39 is 5.91 Å². The maximum absolute atomic E-state index is 12.8. The molecule has 3 rings (SSSR count). The molecule has 4 nitrogen and oxygen atoms in total. The summed E-state index contributed by atoms with van der Waals surface area (Å²) >= 11 is 6.34. The van der Waals surface area contributed by atoms with Crippen LogP contribution in [0.25, 0.3) is 6.08 Å². The van der Waals surface area contributed by atoms with Crippen LogP contribution in [0.15, 0.2) is 72.3 Å². The first-order chi connectivity index (χ1) is 15.0. The molecule has 156 valence electrons. The number of nitriles is 1. The molecule has 1 N–H and O–H groups in total. The van der Waals surface area contributed by atoms with E-state index in [2.05, 4.69) is 5.32 Å². The van der Waals surface area contributed by atoms with Crippen molar-refractivity contribution in [2.75, 3.05) is 12.4 Å². The number of nitrogens with one attached hydrogen (secondary N) is 1. The fourth-order valence-electron chi connectivity index (χ4n) is 3.29. The van der Waals surface area contributed by atoms with E-state index in [4.69, 9.17) is 16.3 Å². The molecule has 0 aliphatic rings. The average Bonchev–Trinajstić information content (AvgIpc) is 2.79. The first-order valence-corrected chi connectivity index (χ1v) is 10.3. The minimum absolute atomic E-state index is 0.0245. The van der Waals surface area contributed by atoms with Gasteiger partial charge < -0.3 is 10.1 Å². The van der Waals surface area contributed by atoms with Crippen LogP contribution in [0.1, 0.15) is 29.2 Å². The number of hydrogen-bond donors (Lipinski definition) is 1. The summed E-state index contributed by atoms with van der Waals surface area (Å²) < 4.78 is 5.36. The summed E-state index contributed by atoms with van der Waals surface area (Å²) in [5.74, 6) is 0.252. The number of ether oxygens (including phenoxy) is 1. The highest BCUT2D eigenvalue weighted by atomic mass is 35.5. The minimum Gasteiger partial charge on any atom is -0.497 e. The molecule has 0 spiro atoms. The number of carbonyl (C=O) groups excluding carboxylic acids is 1. The van der Waals surface area contributed by atoms with Crippen molar-refractivity contribution in [2.45, 2.75) is 19.8 Å². The van der Waals surface area contributed by atoms with Gasteiger partial charge >= 0.3 is 0 Å². The van der Waals surface area contributed by atoms with E-state index in [1.807, 2.05) is 73.7 Å². The molecular formula is C26H23ClN2O2. The van der Waals surface area contributed by atoms with Crippen LogP contribution in [-0.2, 0) is 17.6 Å². The Hall–Kier alpha value is -3.55. The van der Waals surface area contributed by atoms with Crippen LogP contribution in [0.3, 0.4) is 0 Å². The lowest BCUT2D eigenvalue weighted by Gasteiger charge is -2.12. The second-order valence-corrected chi connectivity index (χ2v) is 7.37. The lowest BCUT2D eigenvalue weighted by Crippen LogP contribution is -2.14. The quantitative estimate of drug-likeness (QED) is 0.366. The fraction of sp³-hybridized carbons (Fsp3) is 0.154. The van der Waals surface area contributed by atoms with Crippen LogP contribution >= 0.6 is 11.6 Å². The Morgan fingerprint density at radius 1 is 1.06 bits per heavy atom. The third kappa shape index (κ3) is 5.53. The number of aryl methyl sites for hydroxylation is 1. The molecule has 1 amide bonds. The van der Waals surface area contributed by atoms with Gasteiger partial charge in [-0.25, -0.2) is 0 Å². The van der Waals surface area contributed by atoms with E-state index >= 15 is 0 Å². The summed E-state index contributed by atoms with van der Waals surface area (Å²) in [6, 6.07) is 22.7. The van der Waals surface area contributed by atoms with Gasteiger partial charge in [0.25, 0.3) is 5.91 Å². The van der Waals surface area contributed by atoms with Gasteiger partial charge in [-0.2, -0.15) is 5.26 Å². The zero-order valence-corrected chi connectivity index (χ0v) is 18.2. The number of rotatable bonds is 7. The zero-order valence-electron chi connectivity index (χ0n) is 17.5. The molecule has 0 unspecified atom stereocenters. The van der Waals surface area contributed by atoms with Gasteiger partial charge in [-0.3, -0.25) is 4.79 Å². The highest BCUT2D eigenvalue weighted by Crippen LogP contribution is 2.26. The van der Waals surface area contributed by atoms with E-state index in [1.54, 1.807) is 19.3 Å². The van der Waals surface area contributed by atoms with E-state index in [9.17, 15) is 10.1 Å². The first-order valence-electron chi connectivity index (χ1n) is 9.97. The van der Waals surface area contributed by atoms with Crippen LogP contribution in [0.5, 0.6) is 5.75 Å². The molecule has 0 heterocycles. The van der Waals surface area contributed by atoms with Crippen LogP contribution in [-0.4, -0.2) is 13.0 Å². The Kier molecular flexibility index (Phi) is 7.48. The molecule has 0 aromatic heterocycles. The summed E-state index contributed by atoms with van der Waals surface area (Å²) in [5.41, 5.74) is 4.36.